The molecule has 1 aliphatic rings. The lowest BCUT2D eigenvalue weighted by Gasteiger charge is -2.32. The van der Waals surface area contributed by atoms with Gasteiger partial charge in [-0.3, -0.25) is 14.6 Å². The highest BCUT2D eigenvalue weighted by molar-refractivity contribution is 9.10. The van der Waals surface area contributed by atoms with Gasteiger partial charge in [-0.05, 0) is 68.1 Å². The van der Waals surface area contributed by atoms with E-state index in [9.17, 15) is 9.59 Å². The zero-order valence-corrected chi connectivity index (χ0v) is 20.6. The summed E-state index contributed by atoms with van der Waals surface area (Å²) in [6.45, 7) is 5.78. The zero-order chi connectivity index (χ0) is 23.4. The van der Waals surface area contributed by atoms with Gasteiger partial charge < -0.3 is 10.2 Å². The number of benzene rings is 2. The minimum absolute atomic E-state index is 0.0446. The first kappa shape index (κ1) is 23.2. The molecule has 2 heterocycles. The largest absolute Gasteiger partial charge is 0.348 e. The Kier molecular flexibility index (Phi) is 7.23. The van der Waals surface area contributed by atoms with Gasteiger partial charge in [0, 0.05) is 41.3 Å². The molecule has 0 atom stereocenters. The van der Waals surface area contributed by atoms with Crippen LogP contribution < -0.4 is 5.32 Å². The van der Waals surface area contributed by atoms with E-state index < -0.39 is 0 Å². The van der Waals surface area contributed by atoms with Crippen molar-refractivity contribution >= 4 is 27.7 Å². The van der Waals surface area contributed by atoms with Crippen LogP contribution in [0.3, 0.4) is 0 Å². The molecule has 1 aliphatic heterocycles. The summed E-state index contributed by atoms with van der Waals surface area (Å²) in [7, 11) is 0. The Morgan fingerprint density at radius 3 is 2.52 bits per heavy atom. The Morgan fingerprint density at radius 1 is 1.03 bits per heavy atom. The van der Waals surface area contributed by atoms with Gasteiger partial charge in [-0.1, -0.05) is 46.3 Å². The van der Waals surface area contributed by atoms with Gasteiger partial charge in [-0.15, -0.1) is 0 Å². The second-order valence-corrected chi connectivity index (χ2v) is 9.49. The van der Waals surface area contributed by atoms with Crippen LogP contribution in [0, 0.1) is 13.8 Å². The molecule has 2 aromatic carbocycles. The number of carbonyl (C=O) groups excluding carboxylic acids is 2. The number of nitrogens with one attached hydrogen (secondary N) is 1. The van der Waals surface area contributed by atoms with Crippen LogP contribution in [0.25, 0.3) is 0 Å². The summed E-state index contributed by atoms with van der Waals surface area (Å²) >= 11 is 3.44. The molecule has 2 amide bonds. The lowest BCUT2D eigenvalue weighted by molar-refractivity contribution is 0.0710. The Bertz CT molecular complexity index is 1170. The summed E-state index contributed by atoms with van der Waals surface area (Å²) in [5.74, 6) is 0.0900. The second kappa shape index (κ2) is 10.3. The first-order chi connectivity index (χ1) is 15.9. The third kappa shape index (κ3) is 5.50. The quantitative estimate of drug-likeness (QED) is 0.504. The average molecular weight is 506 g/mol. The van der Waals surface area contributed by atoms with Crippen molar-refractivity contribution < 1.29 is 9.59 Å². The molecule has 0 spiro atoms. The van der Waals surface area contributed by atoms with E-state index in [-0.39, 0.29) is 17.7 Å². The molecular weight excluding hydrogens is 478 g/mol. The molecule has 4 rings (SSSR count). The van der Waals surface area contributed by atoms with E-state index in [0.717, 1.165) is 39.8 Å². The number of halogens is 1. The molecular formula is C27H28BrN3O2. The third-order valence-corrected chi connectivity index (χ3v) is 6.74. The number of aryl methyl sites for hydroxylation is 2. The molecule has 33 heavy (non-hydrogen) atoms. The number of nitrogens with zero attached hydrogens (tertiary/aromatic N) is 2. The smallest absolute Gasteiger partial charge is 0.253 e. The molecule has 1 N–H and O–H groups in total. The molecule has 0 bridgehead atoms. The lowest BCUT2D eigenvalue weighted by Crippen LogP contribution is -2.38. The molecule has 1 fully saturated rings. The van der Waals surface area contributed by atoms with Crippen LogP contribution in [-0.4, -0.2) is 34.8 Å². The Balaban J connectivity index is 1.45. The van der Waals surface area contributed by atoms with Crippen molar-refractivity contribution in [3.8, 4) is 0 Å². The summed E-state index contributed by atoms with van der Waals surface area (Å²) in [4.78, 5) is 32.6. The fraction of sp³-hybridized carbons (Fsp3) is 0.296. The SMILES string of the molecule is Cc1ccc(C(=O)NCc2ccccc2C)c(C2CCN(C(=O)c3cccc(Br)c3)CC2)n1. The van der Waals surface area contributed by atoms with Crippen LogP contribution in [0.2, 0.25) is 0 Å². The average Bonchev–Trinajstić information content (AvgIpc) is 2.83. The van der Waals surface area contributed by atoms with Crippen molar-refractivity contribution in [3.63, 3.8) is 0 Å². The Labute approximate surface area is 203 Å². The normalized spacial score (nSPS) is 14.2. The maximum atomic E-state index is 13.1. The minimum Gasteiger partial charge on any atom is -0.348 e. The molecule has 0 saturated carbocycles. The van der Waals surface area contributed by atoms with Gasteiger partial charge in [0.25, 0.3) is 11.8 Å². The molecule has 3 aromatic rings. The van der Waals surface area contributed by atoms with Crippen molar-refractivity contribution in [2.45, 2.75) is 39.2 Å². The number of aromatic nitrogens is 1. The van der Waals surface area contributed by atoms with E-state index in [1.807, 2.05) is 79.4 Å². The molecule has 0 aliphatic carbocycles. The summed E-state index contributed by atoms with van der Waals surface area (Å²) in [5, 5.41) is 3.06. The van der Waals surface area contributed by atoms with Crippen LogP contribution in [-0.2, 0) is 6.54 Å². The summed E-state index contributed by atoms with van der Waals surface area (Å²) in [5.41, 5.74) is 5.31. The van der Waals surface area contributed by atoms with E-state index in [2.05, 4.69) is 21.2 Å². The number of piperidine rings is 1. The van der Waals surface area contributed by atoms with Gasteiger partial charge in [-0.25, -0.2) is 0 Å². The predicted molar refractivity (Wildman–Crippen MR) is 133 cm³/mol. The van der Waals surface area contributed by atoms with Gasteiger partial charge in [-0.2, -0.15) is 0 Å². The lowest BCUT2D eigenvalue weighted by atomic mass is 9.89. The van der Waals surface area contributed by atoms with Crippen LogP contribution in [0.4, 0.5) is 0 Å². The van der Waals surface area contributed by atoms with Crippen molar-refractivity contribution in [1.29, 1.82) is 0 Å². The van der Waals surface area contributed by atoms with Crippen molar-refractivity contribution in [3.05, 3.63) is 98.8 Å². The first-order valence-electron chi connectivity index (χ1n) is 11.3. The van der Waals surface area contributed by atoms with Crippen molar-refractivity contribution in [2.75, 3.05) is 13.1 Å². The molecule has 1 aromatic heterocycles. The van der Waals surface area contributed by atoms with Gasteiger partial charge in [0.05, 0.1) is 11.3 Å². The fourth-order valence-electron chi connectivity index (χ4n) is 4.32. The number of amides is 2. The topological polar surface area (TPSA) is 62.3 Å². The summed E-state index contributed by atoms with van der Waals surface area (Å²) in [6, 6.07) is 19.3. The molecule has 0 unspecified atom stereocenters. The number of pyridine rings is 1. The van der Waals surface area contributed by atoms with E-state index in [0.29, 0.717) is 30.8 Å². The van der Waals surface area contributed by atoms with Gasteiger partial charge in [0.1, 0.15) is 0 Å². The van der Waals surface area contributed by atoms with E-state index in [1.165, 1.54) is 0 Å². The molecule has 5 nitrogen and oxygen atoms in total. The molecule has 6 heteroatoms. The number of carbonyl (C=O) groups is 2. The van der Waals surface area contributed by atoms with Crippen LogP contribution in [0.5, 0.6) is 0 Å². The van der Waals surface area contributed by atoms with Gasteiger partial charge in [0.2, 0.25) is 0 Å². The van der Waals surface area contributed by atoms with Crippen LogP contribution in [0.15, 0.2) is 65.1 Å². The highest BCUT2D eigenvalue weighted by Crippen LogP contribution is 2.30. The number of hydrogen-bond donors (Lipinski definition) is 1. The standard InChI is InChI=1S/C27H28BrN3O2/c1-18-6-3-4-7-22(18)17-29-26(32)24-11-10-19(2)30-25(24)20-12-14-31(15-13-20)27(33)21-8-5-9-23(28)16-21/h3-11,16,20H,12-15,17H2,1-2H3,(H,29,32). The predicted octanol–water partition coefficient (Wildman–Crippen LogP) is 5.41. The second-order valence-electron chi connectivity index (χ2n) is 8.57. The third-order valence-electron chi connectivity index (χ3n) is 6.25. The molecule has 1 saturated heterocycles. The fourth-order valence-corrected chi connectivity index (χ4v) is 4.72. The minimum atomic E-state index is -0.103. The number of rotatable bonds is 5. The van der Waals surface area contributed by atoms with Gasteiger partial charge >= 0.3 is 0 Å². The van der Waals surface area contributed by atoms with E-state index in [4.69, 9.17) is 4.98 Å². The monoisotopic (exact) mass is 505 g/mol. The summed E-state index contributed by atoms with van der Waals surface area (Å²) < 4.78 is 0.897. The zero-order valence-electron chi connectivity index (χ0n) is 19.0. The molecule has 0 radical (unpaired) electrons. The van der Waals surface area contributed by atoms with Gasteiger partial charge in [0.15, 0.2) is 0 Å². The number of hydrogen-bond acceptors (Lipinski definition) is 3. The maximum Gasteiger partial charge on any atom is 0.253 e. The van der Waals surface area contributed by atoms with Crippen LogP contribution in [0.1, 0.15) is 62.0 Å². The Hall–Kier alpha value is -2.99. The highest BCUT2D eigenvalue weighted by atomic mass is 79.9. The Morgan fingerprint density at radius 2 is 1.79 bits per heavy atom. The maximum absolute atomic E-state index is 13.1. The van der Waals surface area contributed by atoms with Crippen molar-refractivity contribution in [1.82, 2.24) is 15.2 Å². The van der Waals surface area contributed by atoms with E-state index in [1.54, 1.807) is 0 Å². The number of likely N-dealkylation sites (tertiary alicyclic amines) is 1. The first-order valence-corrected chi connectivity index (χ1v) is 12.1. The highest BCUT2D eigenvalue weighted by Gasteiger charge is 2.28. The summed E-state index contributed by atoms with van der Waals surface area (Å²) in [6.07, 6.45) is 1.57. The van der Waals surface area contributed by atoms with Crippen LogP contribution >= 0.6 is 15.9 Å². The van der Waals surface area contributed by atoms with Crippen molar-refractivity contribution in [2.24, 2.45) is 0 Å². The molecule has 170 valence electrons. The van der Waals surface area contributed by atoms with E-state index >= 15 is 0 Å².